The van der Waals surface area contributed by atoms with E-state index in [1.165, 1.54) is 6.07 Å². The number of rotatable bonds is 2. The van der Waals surface area contributed by atoms with Gasteiger partial charge in [-0.05, 0) is 48.4 Å². The molecule has 2 aromatic heterocycles. The van der Waals surface area contributed by atoms with Gasteiger partial charge in [0.05, 0.1) is 29.0 Å². The van der Waals surface area contributed by atoms with Crippen LogP contribution in [0.25, 0.3) is 22.3 Å². The lowest BCUT2D eigenvalue weighted by Crippen LogP contribution is -2.44. The highest BCUT2D eigenvalue weighted by atomic mass is 19.1. The molecule has 0 fully saturated rings. The van der Waals surface area contributed by atoms with Crippen LogP contribution in [-0.4, -0.2) is 20.6 Å². The smallest absolute Gasteiger partial charge is 0.343 e. The van der Waals surface area contributed by atoms with Crippen LogP contribution in [-0.2, 0) is 41.1 Å². The van der Waals surface area contributed by atoms with Crippen molar-refractivity contribution in [3.05, 3.63) is 61.7 Å². The molecule has 0 bridgehead atoms. The zero-order valence-electron chi connectivity index (χ0n) is 18.5. The molecule has 0 saturated carbocycles. The normalized spacial score (nSPS) is 22.7. The summed E-state index contributed by atoms with van der Waals surface area (Å²) in [5.74, 6) is -1.04. The van der Waals surface area contributed by atoms with Gasteiger partial charge in [-0.3, -0.25) is 4.79 Å². The number of halogens is 1. The van der Waals surface area contributed by atoms with E-state index in [1.807, 2.05) is 6.92 Å². The number of carbonyl (C=O) groups is 1. The van der Waals surface area contributed by atoms with Crippen LogP contribution in [0.1, 0.15) is 66.1 Å². The largest absolute Gasteiger partial charge is 0.458 e. The monoisotopic (exact) mass is 449 g/mol. The highest BCUT2D eigenvalue weighted by molar-refractivity contribution is 5.93. The predicted molar refractivity (Wildman–Crippen MR) is 119 cm³/mol. The lowest BCUT2D eigenvalue weighted by Gasteiger charge is -2.31. The Morgan fingerprint density at radius 1 is 1.27 bits per heavy atom. The van der Waals surface area contributed by atoms with Gasteiger partial charge in [-0.25, -0.2) is 14.2 Å². The third kappa shape index (κ3) is 2.48. The lowest BCUT2D eigenvalue weighted by molar-refractivity contribution is -0.172. The number of cyclic esters (lactones) is 1. The van der Waals surface area contributed by atoms with Gasteiger partial charge in [-0.1, -0.05) is 13.8 Å². The molecule has 2 atom stereocenters. The molecule has 2 aliphatic heterocycles. The van der Waals surface area contributed by atoms with E-state index in [0.717, 1.165) is 22.1 Å². The van der Waals surface area contributed by atoms with Crippen LogP contribution >= 0.6 is 0 Å². The minimum absolute atomic E-state index is 0.0736. The third-order valence-corrected chi connectivity index (χ3v) is 7.62. The number of esters is 1. The highest BCUT2D eigenvalue weighted by Crippen LogP contribution is 2.45. The lowest BCUT2D eigenvalue weighted by atomic mass is 9.81. The van der Waals surface area contributed by atoms with Gasteiger partial charge in [0.2, 0.25) is 0 Å². The quantitative estimate of drug-likeness (QED) is 0.456. The summed E-state index contributed by atoms with van der Waals surface area (Å²) < 4.78 is 21.7. The number of hydrogen-bond donors (Lipinski definition) is 2. The molecule has 1 aliphatic carbocycles. The molecule has 0 radical (unpaired) electrons. The van der Waals surface area contributed by atoms with E-state index >= 15 is 0 Å². The number of pyridine rings is 2. The molecule has 170 valence electrons. The fourth-order valence-electron chi connectivity index (χ4n) is 5.88. The van der Waals surface area contributed by atoms with Crippen molar-refractivity contribution in [2.24, 2.45) is 5.73 Å². The number of aliphatic hydroxyl groups is 1. The zero-order chi connectivity index (χ0) is 23.2. The predicted octanol–water partition coefficient (Wildman–Crippen LogP) is 2.73. The number of hydrogen-bond acceptors (Lipinski definition) is 6. The summed E-state index contributed by atoms with van der Waals surface area (Å²) in [7, 11) is 0. The van der Waals surface area contributed by atoms with Gasteiger partial charge >= 0.3 is 5.97 Å². The number of fused-ring (bicyclic) bond motifs is 5. The second kappa shape index (κ2) is 6.71. The van der Waals surface area contributed by atoms with Crippen LogP contribution < -0.4 is 11.3 Å². The van der Waals surface area contributed by atoms with Crippen LogP contribution in [0.2, 0.25) is 0 Å². The van der Waals surface area contributed by atoms with Gasteiger partial charge in [0.15, 0.2) is 5.60 Å². The number of ether oxygens (including phenoxy) is 1. The van der Waals surface area contributed by atoms with Crippen molar-refractivity contribution < 1.29 is 19.0 Å². The van der Waals surface area contributed by atoms with E-state index in [-0.39, 0.29) is 41.6 Å². The average Bonchev–Trinajstić information content (AvgIpc) is 3.17. The molecule has 7 nitrogen and oxygen atoms in total. The van der Waals surface area contributed by atoms with Crippen molar-refractivity contribution in [1.29, 1.82) is 0 Å². The molecule has 0 saturated heterocycles. The minimum Gasteiger partial charge on any atom is -0.458 e. The van der Waals surface area contributed by atoms with Gasteiger partial charge in [-0.15, -0.1) is 0 Å². The second-order valence-electron chi connectivity index (χ2n) is 9.16. The Morgan fingerprint density at radius 3 is 2.79 bits per heavy atom. The molecular weight excluding hydrogens is 425 g/mol. The summed E-state index contributed by atoms with van der Waals surface area (Å²) in [4.78, 5) is 30.6. The molecule has 0 amide bonds. The number of carbonyl (C=O) groups excluding carboxylic acids is 1. The first-order valence-electron chi connectivity index (χ1n) is 11.4. The van der Waals surface area contributed by atoms with Gasteiger partial charge in [0, 0.05) is 28.6 Å². The van der Waals surface area contributed by atoms with E-state index in [4.69, 9.17) is 15.5 Å². The van der Waals surface area contributed by atoms with Crippen LogP contribution in [0, 0.1) is 5.82 Å². The van der Waals surface area contributed by atoms with Crippen molar-refractivity contribution in [2.75, 3.05) is 0 Å². The van der Waals surface area contributed by atoms with Crippen molar-refractivity contribution in [2.45, 2.75) is 64.3 Å². The Hall–Kier alpha value is -3.10. The van der Waals surface area contributed by atoms with Gasteiger partial charge in [0.1, 0.15) is 12.4 Å². The Kier molecular flexibility index (Phi) is 4.17. The summed E-state index contributed by atoms with van der Waals surface area (Å²) in [5.41, 5.74) is 9.93. The van der Waals surface area contributed by atoms with Crippen molar-refractivity contribution in [3.8, 4) is 11.4 Å². The number of benzene rings is 1. The molecule has 3 aliphatic rings. The summed E-state index contributed by atoms with van der Waals surface area (Å²) >= 11 is 0. The van der Waals surface area contributed by atoms with Crippen molar-refractivity contribution >= 4 is 16.9 Å². The topological polar surface area (TPSA) is 107 Å². The number of aryl methyl sites for hydroxylation is 1. The maximum Gasteiger partial charge on any atom is 0.343 e. The fraction of sp³-hybridized carbons (Fsp3) is 0.400. The van der Waals surface area contributed by atoms with Crippen LogP contribution in [0.4, 0.5) is 4.39 Å². The molecule has 33 heavy (non-hydrogen) atoms. The average molecular weight is 449 g/mol. The maximum atomic E-state index is 14.9. The van der Waals surface area contributed by atoms with Crippen molar-refractivity contribution in [1.82, 2.24) is 9.55 Å². The molecule has 4 heterocycles. The molecule has 0 unspecified atom stereocenters. The molecule has 8 heteroatoms. The van der Waals surface area contributed by atoms with E-state index in [9.17, 15) is 19.1 Å². The summed E-state index contributed by atoms with van der Waals surface area (Å²) in [5, 5.41) is 11.9. The van der Waals surface area contributed by atoms with Crippen LogP contribution in [0.5, 0.6) is 0 Å². The summed E-state index contributed by atoms with van der Waals surface area (Å²) in [6.45, 7) is 3.72. The Balaban J connectivity index is 1.69. The maximum absolute atomic E-state index is 14.9. The second-order valence-corrected chi connectivity index (χ2v) is 9.16. The molecule has 3 aromatic rings. The number of aromatic nitrogens is 2. The molecule has 0 spiro atoms. The van der Waals surface area contributed by atoms with Crippen LogP contribution in [0.15, 0.2) is 16.9 Å². The van der Waals surface area contributed by atoms with Gasteiger partial charge in [-0.2, -0.15) is 0 Å². The zero-order valence-corrected chi connectivity index (χ0v) is 18.5. The summed E-state index contributed by atoms with van der Waals surface area (Å²) in [6, 6.07) is 2.88. The summed E-state index contributed by atoms with van der Waals surface area (Å²) in [6.07, 6.45) is 2.04. The van der Waals surface area contributed by atoms with Crippen molar-refractivity contribution in [3.63, 3.8) is 0 Å². The van der Waals surface area contributed by atoms with Crippen LogP contribution in [0.3, 0.4) is 0 Å². The van der Waals surface area contributed by atoms with E-state index in [2.05, 4.69) is 0 Å². The Labute approximate surface area is 189 Å². The van der Waals surface area contributed by atoms with E-state index in [1.54, 1.807) is 17.6 Å². The van der Waals surface area contributed by atoms with Gasteiger partial charge in [0.25, 0.3) is 5.56 Å². The standard InChI is InChI=1S/C25H24FN3O4/c1-3-11-12-5-6-17(27)20-13-9-29-19(22(13)28-18(21(12)20)8-16(11)26)7-15-14(23(29)30)10-33-24(31)25(15,32)4-2/h7-8,17,32H,3-6,9-10,27H2,1-2H3/t17-,25+/m1/s1. The van der Waals surface area contributed by atoms with E-state index < -0.39 is 11.6 Å². The first kappa shape index (κ1) is 20.5. The Bertz CT molecular complexity index is 1460. The first-order valence-corrected chi connectivity index (χ1v) is 11.4. The SMILES string of the molecule is CCc1c(F)cc2nc3c(c4c2c1CC[C@H]4N)Cn1c-3cc2c(c1=O)COC(=O)[C@]2(O)CC. The third-order valence-electron chi connectivity index (χ3n) is 7.62. The first-order chi connectivity index (χ1) is 15.8. The molecule has 6 rings (SSSR count). The minimum atomic E-state index is -1.89. The fourth-order valence-corrected chi connectivity index (χ4v) is 5.88. The number of nitrogens with zero attached hydrogens (tertiary/aromatic N) is 2. The molecule has 1 aromatic carbocycles. The van der Waals surface area contributed by atoms with Gasteiger partial charge < -0.3 is 20.1 Å². The molecule has 3 N–H and O–H groups in total. The number of nitrogens with two attached hydrogens (primary N) is 1. The highest BCUT2D eigenvalue weighted by Gasteiger charge is 2.45. The molecular formula is C25H24FN3O4. The van der Waals surface area contributed by atoms with E-state index in [0.29, 0.717) is 48.3 Å². The Morgan fingerprint density at radius 2 is 2.06 bits per heavy atom.